The lowest BCUT2D eigenvalue weighted by atomic mass is 10.1. The van der Waals surface area contributed by atoms with Crippen LogP contribution in [0, 0.1) is 19.7 Å². The maximum Gasteiger partial charge on any atom is 0.323 e. The number of aryl methyl sites for hydroxylation is 2. The van der Waals surface area contributed by atoms with E-state index in [4.69, 9.17) is 0 Å². The zero-order valence-electron chi connectivity index (χ0n) is 13.2. The molecule has 2 aromatic rings. The lowest BCUT2D eigenvalue weighted by Crippen LogP contribution is -2.34. The zero-order valence-corrected chi connectivity index (χ0v) is 14.0. The Labute approximate surface area is 139 Å². The molecule has 1 aliphatic rings. The average Bonchev–Trinajstić information content (AvgIpc) is 3.00. The minimum atomic E-state index is -0.276. The summed E-state index contributed by atoms with van der Waals surface area (Å²) >= 11 is 1.59. The van der Waals surface area contributed by atoms with Crippen LogP contribution in [0.1, 0.15) is 22.1 Å². The molecule has 2 aromatic carbocycles. The number of nitrogens with one attached hydrogen (secondary N) is 1. The molecule has 0 spiro atoms. The van der Waals surface area contributed by atoms with Crippen molar-refractivity contribution in [3.05, 3.63) is 65.0 Å². The van der Waals surface area contributed by atoms with Crippen LogP contribution in [-0.4, -0.2) is 23.2 Å². The predicted molar refractivity (Wildman–Crippen MR) is 93.2 cm³/mol. The van der Waals surface area contributed by atoms with Gasteiger partial charge in [-0.3, -0.25) is 0 Å². The molecule has 1 fully saturated rings. The molecule has 0 aliphatic carbocycles. The van der Waals surface area contributed by atoms with Gasteiger partial charge >= 0.3 is 6.03 Å². The van der Waals surface area contributed by atoms with Crippen molar-refractivity contribution in [2.24, 2.45) is 0 Å². The van der Waals surface area contributed by atoms with Crippen LogP contribution in [0.4, 0.5) is 14.9 Å². The Hall–Kier alpha value is -2.01. The third kappa shape index (κ3) is 3.34. The van der Waals surface area contributed by atoms with Crippen LogP contribution in [0.5, 0.6) is 0 Å². The Balaban J connectivity index is 1.80. The standard InChI is InChI=1S/C18H19FN2OS/c1-12-7-8-16(13(2)11-12)20-18(22)21-9-10-23-17(21)14-5-3-4-6-15(14)19/h3-8,11,17H,9-10H2,1-2H3,(H,20,22). The summed E-state index contributed by atoms with van der Waals surface area (Å²) in [7, 11) is 0. The van der Waals surface area contributed by atoms with E-state index in [1.54, 1.807) is 34.9 Å². The number of amides is 2. The molecule has 0 radical (unpaired) electrons. The third-order valence-corrected chi connectivity index (χ3v) is 5.19. The molecule has 120 valence electrons. The number of nitrogens with zero attached hydrogens (tertiary/aromatic N) is 1. The molecule has 0 aromatic heterocycles. The van der Waals surface area contributed by atoms with Crippen molar-refractivity contribution in [3.63, 3.8) is 0 Å². The topological polar surface area (TPSA) is 32.3 Å². The summed E-state index contributed by atoms with van der Waals surface area (Å²) in [6.45, 7) is 4.60. The van der Waals surface area contributed by atoms with Crippen molar-refractivity contribution in [1.82, 2.24) is 4.90 Å². The SMILES string of the molecule is Cc1ccc(NC(=O)N2CCSC2c2ccccc2F)c(C)c1. The Morgan fingerprint density at radius 1 is 1.26 bits per heavy atom. The van der Waals surface area contributed by atoms with Gasteiger partial charge in [0.25, 0.3) is 0 Å². The van der Waals surface area contributed by atoms with Crippen LogP contribution in [0.3, 0.4) is 0 Å². The molecule has 3 rings (SSSR count). The molecule has 3 nitrogen and oxygen atoms in total. The second kappa shape index (κ2) is 6.62. The second-order valence-corrected chi connectivity index (χ2v) is 6.87. The van der Waals surface area contributed by atoms with Crippen LogP contribution in [0.15, 0.2) is 42.5 Å². The van der Waals surface area contributed by atoms with Gasteiger partial charge in [-0.25, -0.2) is 9.18 Å². The largest absolute Gasteiger partial charge is 0.323 e. The molecule has 2 amide bonds. The molecular formula is C18H19FN2OS. The zero-order chi connectivity index (χ0) is 16.4. The summed E-state index contributed by atoms with van der Waals surface area (Å²) < 4.78 is 14.0. The van der Waals surface area contributed by atoms with Crippen molar-refractivity contribution in [2.45, 2.75) is 19.2 Å². The Kier molecular flexibility index (Phi) is 4.57. The summed E-state index contributed by atoms with van der Waals surface area (Å²) in [4.78, 5) is 14.3. The summed E-state index contributed by atoms with van der Waals surface area (Å²) in [6, 6.07) is 12.4. The number of carbonyl (C=O) groups excluding carboxylic acids is 1. The monoisotopic (exact) mass is 330 g/mol. The van der Waals surface area contributed by atoms with Gasteiger partial charge in [0, 0.05) is 23.5 Å². The number of urea groups is 1. The molecule has 1 N–H and O–H groups in total. The molecule has 1 heterocycles. The fourth-order valence-corrected chi connectivity index (χ4v) is 4.03. The minimum Gasteiger partial charge on any atom is -0.308 e. The van der Waals surface area contributed by atoms with Crippen LogP contribution in [0.25, 0.3) is 0 Å². The average molecular weight is 330 g/mol. The first kappa shape index (κ1) is 15.9. The van der Waals surface area contributed by atoms with E-state index in [-0.39, 0.29) is 17.2 Å². The maximum absolute atomic E-state index is 14.0. The van der Waals surface area contributed by atoms with Crippen molar-refractivity contribution in [3.8, 4) is 0 Å². The van der Waals surface area contributed by atoms with Gasteiger partial charge < -0.3 is 10.2 Å². The van der Waals surface area contributed by atoms with Crippen molar-refractivity contribution in [1.29, 1.82) is 0 Å². The highest BCUT2D eigenvalue weighted by atomic mass is 32.2. The molecular weight excluding hydrogens is 311 g/mol. The van der Waals surface area contributed by atoms with Crippen LogP contribution in [0.2, 0.25) is 0 Å². The molecule has 1 atom stereocenters. The van der Waals surface area contributed by atoms with Gasteiger partial charge in [-0.05, 0) is 31.5 Å². The highest BCUT2D eigenvalue weighted by molar-refractivity contribution is 7.99. The van der Waals surface area contributed by atoms with E-state index in [0.717, 1.165) is 22.6 Å². The molecule has 1 aliphatic heterocycles. The Morgan fingerprint density at radius 2 is 2.04 bits per heavy atom. The van der Waals surface area contributed by atoms with Crippen LogP contribution in [-0.2, 0) is 0 Å². The molecule has 1 saturated heterocycles. The normalized spacial score (nSPS) is 17.3. The highest BCUT2D eigenvalue weighted by Crippen LogP contribution is 2.39. The number of hydrogen-bond donors (Lipinski definition) is 1. The predicted octanol–water partition coefficient (Wildman–Crippen LogP) is 4.72. The number of anilines is 1. The highest BCUT2D eigenvalue weighted by Gasteiger charge is 2.32. The van der Waals surface area contributed by atoms with Gasteiger partial charge in [0.2, 0.25) is 0 Å². The second-order valence-electron chi connectivity index (χ2n) is 5.69. The fourth-order valence-electron chi connectivity index (χ4n) is 2.75. The summed E-state index contributed by atoms with van der Waals surface area (Å²) in [5.41, 5.74) is 3.53. The maximum atomic E-state index is 14.0. The lowest BCUT2D eigenvalue weighted by molar-refractivity contribution is 0.213. The van der Waals surface area contributed by atoms with Gasteiger partial charge in [0.1, 0.15) is 11.2 Å². The lowest BCUT2D eigenvalue weighted by Gasteiger charge is -2.25. The number of benzene rings is 2. The summed E-state index contributed by atoms with van der Waals surface area (Å²) in [5, 5.41) is 2.67. The Bertz CT molecular complexity index is 735. The van der Waals surface area contributed by atoms with Crippen molar-refractivity contribution in [2.75, 3.05) is 17.6 Å². The fraction of sp³-hybridized carbons (Fsp3) is 0.278. The first-order chi connectivity index (χ1) is 11.1. The van der Waals surface area contributed by atoms with Gasteiger partial charge in [-0.2, -0.15) is 0 Å². The van der Waals surface area contributed by atoms with E-state index >= 15 is 0 Å². The first-order valence-electron chi connectivity index (χ1n) is 7.57. The number of hydrogen-bond acceptors (Lipinski definition) is 2. The minimum absolute atomic E-state index is 0.185. The number of rotatable bonds is 2. The van der Waals surface area contributed by atoms with Crippen LogP contribution < -0.4 is 5.32 Å². The number of halogens is 1. The molecule has 5 heteroatoms. The molecule has 1 unspecified atom stereocenters. The van der Waals surface area contributed by atoms with E-state index in [0.29, 0.717) is 12.1 Å². The van der Waals surface area contributed by atoms with Gasteiger partial charge in [0.05, 0.1) is 0 Å². The first-order valence-corrected chi connectivity index (χ1v) is 8.62. The van der Waals surface area contributed by atoms with Crippen molar-refractivity contribution < 1.29 is 9.18 Å². The van der Waals surface area contributed by atoms with E-state index in [1.165, 1.54) is 6.07 Å². The molecule has 0 bridgehead atoms. The third-order valence-electron chi connectivity index (χ3n) is 3.95. The Morgan fingerprint density at radius 3 is 2.78 bits per heavy atom. The molecule has 0 saturated carbocycles. The van der Waals surface area contributed by atoms with Crippen molar-refractivity contribution >= 4 is 23.5 Å². The summed E-state index contributed by atoms with van der Waals surface area (Å²) in [5.74, 6) is 0.537. The van der Waals surface area contributed by atoms with Gasteiger partial charge in [-0.1, -0.05) is 35.9 Å². The smallest absolute Gasteiger partial charge is 0.308 e. The summed E-state index contributed by atoms with van der Waals surface area (Å²) in [6.07, 6.45) is 0. The van der Waals surface area contributed by atoms with E-state index in [2.05, 4.69) is 5.32 Å². The van der Waals surface area contributed by atoms with E-state index < -0.39 is 0 Å². The van der Waals surface area contributed by atoms with Gasteiger partial charge in [-0.15, -0.1) is 11.8 Å². The van der Waals surface area contributed by atoms with Crippen LogP contribution >= 0.6 is 11.8 Å². The van der Waals surface area contributed by atoms with Gasteiger partial charge in [0.15, 0.2) is 0 Å². The number of thioether (sulfide) groups is 1. The molecule has 23 heavy (non-hydrogen) atoms. The quantitative estimate of drug-likeness (QED) is 0.864. The van der Waals surface area contributed by atoms with E-state index in [9.17, 15) is 9.18 Å². The van der Waals surface area contributed by atoms with E-state index in [1.807, 2.05) is 32.0 Å². The number of carbonyl (C=O) groups is 1.